The molecule has 2 aliphatic heterocycles. The van der Waals surface area contributed by atoms with Crippen LogP contribution in [0.15, 0.2) is 34.8 Å². The summed E-state index contributed by atoms with van der Waals surface area (Å²) in [5.74, 6) is -2.40. The van der Waals surface area contributed by atoms with Crippen molar-refractivity contribution in [2.75, 3.05) is 7.11 Å². The molecule has 194 valence electrons. The highest BCUT2D eigenvalue weighted by Crippen LogP contribution is 2.99. The summed E-state index contributed by atoms with van der Waals surface area (Å²) >= 11 is 0. The zero-order chi connectivity index (χ0) is 26.3. The fraction of sp³-hybridized carbons (Fsp3) is 0.667. The van der Waals surface area contributed by atoms with Gasteiger partial charge in [-0.05, 0) is 25.8 Å². The third kappa shape index (κ3) is 1.96. The molecule has 1 aromatic heterocycles. The molecule has 5 aliphatic rings. The molecular weight excluding hydrogens is 468 g/mol. The Hall–Kier alpha value is -2.65. The quantitative estimate of drug-likeness (QED) is 0.601. The second-order valence-electron chi connectivity index (χ2n) is 12.3. The molecular formula is C27H32O9. The lowest BCUT2D eigenvalue weighted by molar-refractivity contribution is -0.219. The van der Waals surface area contributed by atoms with Crippen molar-refractivity contribution in [2.45, 2.75) is 71.4 Å². The molecule has 4 fully saturated rings. The van der Waals surface area contributed by atoms with Gasteiger partial charge in [0, 0.05) is 39.2 Å². The van der Waals surface area contributed by atoms with Crippen molar-refractivity contribution in [1.29, 1.82) is 0 Å². The largest absolute Gasteiger partial charge is 0.490 e. The van der Waals surface area contributed by atoms with Gasteiger partial charge in [0.05, 0.1) is 25.1 Å². The van der Waals surface area contributed by atoms with Crippen LogP contribution in [-0.4, -0.2) is 52.9 Å². The second-order valence-corrected chi connectivity index (χ2v) is 12.3. The number of hydrogen-bond donors (Lipinski definition) is 2. The number of ketones is 1. The van der Waals surface area contributed by atoms with E-state index in [4.69, 9.17) is 18.6 Å². The van der Waals surface area contributed by atoms with Gasteiger partial charge < -0.3 is 28.8 Å². The van der Waals surface area contributed by atoms with E-state index in [0.29, 0.717) is 24.2 Å². The van der Waals surface area contributed by atoms with Crippen LogP contribution in [0.2, 0.25) is 0 Å². The zero-order valence-corrected chi connectivity index (χ0v) is 21.3. The molecule has 3 heterocycles. The lowest BCUT2D eigenvalue weighted by atomic mass is 9.49. The molecule has 2 spiro atoms. The van der Waals surface area contributed by atoms with Gasteiger partial charge >= 0.3 is 11.9 Å². The van der Waals surface area contributed by atoms with Gasteiger partial charge in [-0.25, -0.2) is 9.59 Å². The fourth-order valence-corrected chi connectivity index (χ4v) is 10.0. The van der Waals surface area contributed by atoms with Gasteiger partial charge in [-0.1, -0.05) is 27.7 Å². The van der Waals surface area contributed by atoms with Gasteiger partial charge in [-0.3, -0.25) is 4.79 Å². The Balaban J connectivity index is 1.61. The van der Waals surface area contributed by atoms with E-state index in [-0.39, 0.29) is 5.78 Å². The molecule has 6 rings (SSSR count). The third-order valence-corrected chi connectivity index (χ3v) is 11.2. The number of aliphatic hydroxyl groups is 2. The summed E-state index contributed by atoms with van der Waals surface area (Å²) in [4.78, 5) is 39.2. The van der Waals surface area contributed by atoms with Crippen LogP contribution in [0.25, 0.3) is 0 Å². The summed E-state index contributed by atoms with van der Waals surface area (Å²) in [5.41, 5.74) is -5.30. The van der Waals surface area contributed by atoms with Crippen LogP contribution in [0.3, 0.4) is 0 Å². The molecule has 2 saturated heterocycles. The molecule has 9 heteroatoms. The van der Waals surface area contributed by atoms with E-state index in [9.17, 15) is 24.6 Å². The van der Waals surface area contributed by atoms with Crippen molar-refractivity contribution in [2.24, 2.45) is 33.0 Å². The highest BCUT2D eigenvalue weighted by Gasteiger charge is 3.05. The van der Waals surface area contributed by atoms with Crippen molar-refractivity contribution in [3.8, 4) is 0 Å². The van der Waals surface area contributed by atoms with Crippen LogP contribution in [0.5, 0.6) is 0 Å². The monoisotopic (exact) mass is 500 g/mol. The molecule has 0 radical (unpaired) electrons. The number of allylic oxidation sites excluding steroid dienone is 2. The van der Waals surface area contributed by atoms with Crippen LogP contribution in [0.4, 0.5) is 0 Å². The second kappa shape index (κ2) is 6.42. The molecule has 0 amide bonds. The number of carbonyl (C=O) groups excluding carboxylic acids is 3. The van der Waals surface area contributed by atoms with Gasteiger partial charge in [0.2, 0.25) is 0 Å². The van der Waals surface area contributed by atoms with E-state index in [1.807, 2.05) is 20.8 Å². The minimum Gasteiger partial charge on any atom is -0.490 e. The first-order valence-electron chi connectivity index (χ1n) is 12.4. The van der Waals surface area contributed by atoms with Gasteiger partial charge in [0.25, 0.3) is 0 Å². The fourth-order valence-electron chi connectivity index (χ4n) is 10.0. The van der Waals surface area contributed by atoms with Crippen LogP contribution in [0.1, 0.15) is 59.1 Å². The number of cyclic esters (lactones) is 1. The Morgan fingerprint density at radius 2 is 1.86 bits per heavy atom. The number of fused-ring (bicyclic) bond motifs is 1. The summed E-state index contributed by atoms with van der Waals surface area (Å²) in [7, 11) is 1.19. The number of ether oxygens (including phenoxy) is 3. The van der Waals surface area contributed by atoms with Crippen LogP contribution >= 0.6 is 0 Å². The number of furan rings is 1. The van der Waals surface area contributed by atoms with E-state index in [1.165, 1.54) is 19.4 Å². The Morgan fingerprint density at radius 3 is 2.47 bits per heavy atom. The summed E-state index contributed by atoms with van der Waals surface area (Å²) in [6, 6.07) is 1.75. The van der Waals surface area contributed by atoms with Crippen molar-refractivity contribution in [3.05, 3.63) is 36.0 Å². The molecule has 2 saturated carbocycles. The first-order chi connectivity index (χ1) is 16.7. The van der Waals surface area contributed by atoms with Crippen LogP contribution in [-0.2, 0) is 28.6 Å². The normalized spacial score (nSPS) is 48.4. The number of aliphatic hydroxyl groups excluding tert-OH is 2. The first-order valence-corrected chi connectivity index (χ1v) is 12.4. The lowest BCUT2D eigenvalue weighted by Crippen LogP contribution is -2.61. The SMILES string of the molecule is COC(=O)C(O)C1C(C)(C)C(=O)C=C2OC3(C)C4(CCC5(C)C(c6ccoc6)OC(=O)C(O)C534)C21C. The van der Waals surface area contributed by atoms with E-state index in [1.54, 1.807) is 26.2 Å². The minimum atomic E-state index is -1.62. The Morgan fingerprint density at radius 1 is 1.17 bits per heavy atom. The van der Waals surface area contributed by atoms with Gasteiger partial charge in [-0.15, -0.1) is 0 Å². The number of hydrogen-bond acceptors (Lipinski definition) is 9. The average Bonchev–Trinajstić information content (AvgIpc) is 3.26. The smallest absolute Gasteiger partial charge is 0.336 e. The maximum atomic E-state index is 13.3. The van der Waals surface area contributed by atoms with Crippen LogP contribution < -0.4 is 0 Å². The lowest BCUT2D eigenvalue weighted by Gasteiger charge is -2.55. The maximum absolute atomic E-state index is 13.3. The molecule has 9 nitrogen and oxygen atoms in total. The van der Waals surface area contributed by atoms with Gasteiger partial charge in [0.15, 0.2) is 18.0 Å². The molecule has 0 bridgehead atoms. The number of esters is 2. The average molecular weight is 501 g/mol. The van der Waals surface area contributed by atoms with Crippen molar-refractivity contribution in [3.63, 3.8) is 0 Å². The molecule has 9 unspecified atom stereocenters. The minimum absolute atomic E-state index is 0.265. The number of rotatable bonds is 3. The van der Waals surface area contributed by atoms with E-state index in [2.05, 4.69) is 0 Å². The topological polar surface area (TPSA) is 132 Å². The first kappa shape index (κ1) is 23.7. The van der Waals surface area contributed by atoms with Crippen molar-refractivity contribution < 1.29 is 43.2 Å². The highest BCUT2D eigenvalue weighted by molar-refractivity contribution is 5.98. The standard InChI is InChI=1S/C27H32O9/c1-22(2)14(28)11-15-24(4,17(22)16(29)20(31)33-6)26-9-8-23(3)19(13-7-10-34-12-13)35-21(32)18(30)27(23,26)25(26,5)36-15/h7,10-12,16-19,29-30H,8-9H2,1-6H3. The van der Waals surface area contributed by atoms with Gasteiger partial charge in [-0.2, -0.15) is 0 Å². The predicted molar refractivity (Wildman–Crippen MR) is 122 cm³/mol. The Kier molecular flexibility index (Phi) is 4.23. The molecule has 2 N–H and O–H groups in total. The summed E-state index contributed by atoms with van der Waals surface area (Å²) in [6.45, 7) is 9.19. The summed E-state index contributed by atoms with van der Waals surface area (Å²) < 4.78 is 22.7. The predicted octanol–water partition coefficient (Wildman–Crippen LogP) is 2.46. The molecule has 9 atom stereocenters. The third-order valence-electron chi connectivity index (χ3n) is 11.2. The number of carbonyl (C=O) groups is 3. The van der Waals surface area contributed by atoms with E-state index >= 15 is 0 Å². The molecule has 0 aromatic carbocycles. The van der Waals surface area contributed by atoms with Crippen molar-refractivity contribution in [1.82, 2.24) is 0 Å². The van der Waals surface area contributed by atoms with Crippen molar-refractivity contribution >= 4 is 17.7 Å². The molecule has 1 aromatic rings. The highest BCUT2D eigenvalue weighted by atomic mass is 16.6. The Bertz CT molecular complexity index is 1230. The number of methoxy groups -OCH3 is 1. The van der Waals surface area contributed by atoms with Crippen LogP contribution in [0, 0.1) is 33.0 Å². The van der Waals surface area contributed by atoms with Gasteiger partial charge in [0.1, 0.15) is 17.5 Å². The molecule has 3 aliphatic carbocycles. The Labute approximate surface area is 208 Å². The summed E-state index contributed by atoms with van der Waals surface area (Å²) in [6.07, 6.45) is 1.85. The summed E-state index contributed by atoms with van der Waals surface area (Å²) in [5, 5.41) is 23.0. The molecule has 36 heavy (non-hydrogen) atoms. The maximum Gasteiger partial charge on any atom is 0.336 e. The van der Waals surface area contributed by atoms with E-state index < -0.39 is 68.8 Å². The zero-order valence-electron chi connectivity index (χ0n) is 21.3. The van der Waals surface area contributed by atoms with E-state index in [0.717, 1.165) is 0 Å².